The Balaban J connectivity index is 2.70. The fraction of sp³-hybridized carbons (Fsp3) is 0.250. The molecule has 56 valence electrons. The van der Waals surface area contributed by atoms with Crippen LogP contribution >= 0.6 is 0 Å². The molecule has 3 nitrogen and oxygen atoms in total. The summed E-state index contributed by atoms with van der Waals surface area (Å²) in [5.74, 6) is 3.06. The number of hydrogen-bond acceptors (Lipinski definition) is 3. The van der Waals surface area contributed by atoms with Crippen molar-refractivity contribution < 1.29 is 0 Å². The first-order chi connectivity index (χ1) is 5.34. The first-order valence-electron chi connectivity index (χ1n) is 3.30. The van der Waals surface area contributed by atoms with E-state index in [1.165, 1.54) is 0 Å². The first-order valence-corrected chi connectivity index (χ1v) is 3.30. The number of aromatic nitrogens is 2. The highest BCUT2D eigenvalue weighted by Gasteiger charge is 2.04. The van der Waals surface area contributed by atoms with Crippen LogP contribution in [0.1, 0.15) is 18.3 Å². The lowest BCUT2D eigenvalue weighted by Crippen LogP contribution is -2.12. The highest BCUT2D eigenvalue weighted by atomic mass is 14.9. The molecule has 0 fully saturated rings. The quantitative estimate of drug-likeness (QED) is 0.620. The normalized spacial score (nSPS) is 12.0. The van der Waals surface area contributed by atoms with Gasteiger partial charge in [0.15, 0.2) is 0 Å². The summed E-state index contributed by atoms with van der Waals surface area (Å²) in [7, 11) is 0. The highest BCUT2D eigenvalue weighted by Crippen LogP contribution is 2.05. The summed E-state index contributed by atoms with van der Waals surface area (Å²) in [6, 6.07) is 1.51. The summed E-state index contributed by atoms with van der Waals surface area (Å²) in [6.07, 6.45) is 8.86. The molecule has 1 rings (SSSR count). The summed E-state index contributed by atoms with van der Waals surface area (Å²) in [5, 5.41) is 0. The predicted molar refractivity (Wildman–Crippen MR) is 42.4 cm³/mol. The van der Waals surface area contributed by atoms with Crippen LogP contribution in [0.3, 0.4) is 0 Å². The molecule has 0 saturated carbocycles. The van der Waals surface area contributed by atoms with Crippen molar-refractivity contribution in [2.24, 2.45) is 5.73 Å². The standard InChI is InChI=1S/C8H9N3/c1-2-4-7(9)8-10-5-3-6-11-8/h1,3,5-7H,4,9H2. The zero-order chi connectivity index (χ0) is 8.10. The van der Waals surface area contributed by atoms with E-state index in [9.17, 15) is 0 Å². The van der Waals surface area contributed by atoms with Gasteiger partial charge in [-0.3, -0.25) is 0 Å². The Kier molecular flexibility index (Phi) is 2.59. The molecular formula is C8H9N3. The average molecular weight is 147 g/mol. The molecule has 0 amide bonds. The van der Waals surface area contributed by atoms with Crippen molar-refractivity contribution in [3.63, 3.8) is 0 Å². The van der Waals surface area contributed by atoms with Gasteiger partial charge in [-0.1, -0.05) is 0 Å². The maximum absolute atomic E-state index is 5.64. The molecule has 1 aromatic heterocycles. The van der Waals surface area contributed by atoms with Gasteiger partial charge < -0.3 is 5.73 Å². The van der Waals surface area contributed by atoms with Gasteiger partial charge in [0, 0.05) is 18.8 Å². The maximum atomic E-state index is 5.64. The van der Waals surface area contributed by atoms with Crippen LogP contribution in [0.4, 0.5) is 0 Å². The summed E-state index contributed by atoms with van der Waals surface area (Å²) < 4.78 is 0. The zero-order valence-electron chi connectivity index (χ0n) is 6.07. The van der Waals surface area contributed by atoms with Crippen LogP contribution in [-0.4, -0.2) is 9.97 Å². The molecule has 0 saturated heterocycles. The number of nitrogens with zero attached hydrogens (tertiary/aromatic N) is 2. The van der Waals surface area contributed by atoms with Crippen molar-refractivity contribution in [2.75, 3.05) is 0 Å². The Morgan fingerprint density at radius 3 is 2.73 bits per heavy atom. The molecule has 1 aromatic rings. The molecule has 1 unspecified atom stereocenters. The Labute approximate surface area is 65.7 Å². The second-order valence-electron chi connectivity index (χ2n) is 2.12. The second-order valence-corrected chi connectivity index (χ2v) is 2.12. The highest BCUT2D eigenvalue weighted by molar-refractivity contribution is 5.00. The van der Waals surface area contributed by atoms with Crippen LogP contribution in [0.25, 0.3) is 0 Å². The molecule has 0 spiro atoms. The van der Waals surface area contributed by atoms with E-state index in [4.69, 9.17) is 12.2 Å². The van der Waals surface area contributed by atoms with Gasteiger partial charge in [0.05, 0.1) is 6.04 Å². The van der Waals surface area contributed by atoms with Gasteiger partial charge in [-0.25, -0.2) is 9.97 Å². The topological polar surface area (TPSA) is 51.8 Å². The molecule has 3 heteroatoms. The third kappa shape index (κ3) is 2.03. The van der Waals surface area contributed by atoms with E-state index in [2.05, 4.69) is 15.9 Å². The second kappa shape index (κ2) is 3.69. The number of hydrogen-bond donors (Lipinski definition) is 1. The van der Waals surface area contributed by atoms with Crippen LogP contribution in [0.15, 0.2) is 18.5 Å². The minimum Gasteiger partial charge on any atom is -0.321 e. The molecule has 2 N–H and O–H groups in total. The summed E-state index contributed by atoms with van der Waals surface area (Å²) >= 11 is 0. The minimum atomic E-state index is -0.235. The number of nitrogens with two attached hydrogens (primary N) is 1. The lowest BCUT2D eigenvalue weighted by Gasteiger charge is -2.03. The average Bonchev–Trinajstić information content (AvgIpc) is 2.07. The van der Waals surface area contributed by atoms with Crippen molar-refractivity contribution in [2.45, 2.75) is 12.5 Å². The van der Waals surface area contributed by atoms with Crippen LogP contribution in [0.5, 0.6) is 0 Å². The lowest BCUT2D eigenvalue weighted by atomic mass is 10.2. The Hall–Kier alpha value is -1.40. The van der Waals surface area contributed by atoms with E-state index in [0.29, 0.717) is 12.2 Å². The third-order valence-electron chi connectivity index (χ3n) is 1.26. The molecule has 0 radical (unpaired) electrons. The molecule has 1 heterocycles. The fourth-order valence-electron chi connectivity index (χ4n) is 0.720. The maximum Gasteiger partial charge on any atom is 0.145 e. The van der Waals surface area contributed by atoms with Gasteiger partial charge in [-0.05, 0) is 6.07 Å². The lowest BCUT2D eigenvalue weighted by molar-refractivity contribution is 0.691. The molecule has 0 aliphatic rings. The van der Waals surface area contributed by atoms with Crippen LogP contribution in [0.2, 0.25) is 0 Å². The van der Waals surface area contributed by atoms with Gasteiger partial charge in [0.1, 0.15) is 5.82 Å². The molecule has 0 aromatic carbocycles. The SMILES string of the molecule is C#CCC(N)c1ncccn1. The van der Waals surface area contributed by atoms with Gasteiger partial charge in [0.2, 0.25) is 0 Å². The largest absolute Gasteiger partial charge is 0.321 e. The number of rotatable bonds is 2. The Bertz CT molecular complexity index is 250. The number of terminal acetylenes is 1. The zero-order valence-corrected chi connectivity index (χ0v) is 6.07. The van der Waals surface area contributed by atoms with Crippen molar-refractivity contribution in [3.8, 4) is 12.3 Å². The van der Waals surface area contributed by atoms with Crippen LogP contribution in [-0.2, 0) is 0 Å². The van der Waals surface area contributed by atoms with Crippen LogP contribution in [0, 0.1) is 12.3 Å². The Morgan fingerprint density at radius 1 is 1.55 bits per heavy atom. The monoisotopic (exact) mass is 147 g/mol. The van der Waals surface area contributed by atoms with E-state index in [-0.39, 0.29) is 6.04 Å². The van der Waals surface area contributed by atoms with E-state index >= 15 is 0 Å². The predicted octanol–water partition coefficient (Wildman–Crippen LogP) is 0.500. The smallest absolute Gasteiger partial charge is 0.145 e. The Morgan fingerprint density at radius 2 is 2.18 bits per heavy atom. The fourth-order valence-corrected chi connectivity index (χ4v) is 0.720. The van der Waals surface area contributed by atoms with Gasteiger partial charge in [-0.15, -0.1) is 12.3 Å². The molecule has 0 bridgehead atoms. The molecule has 1 atom stereocenters. The van der Waals surface area contributed by atoms with Gasteiger partial charge in [-0.2, -0.15) is 0 Å². The van der Waals surface area contributed by atoms with Crippen LogP contribution < -0.4 is 5.73 Å². The van der Waals surface area contributed by atoms with E-state index in [0.717, 1.165) is 0 Å². The van der Waals surface area contributed by atoms with Crippen molar-refractivity contribution >= 4 is 0 Å². The van der Waals surface area contributed by atoms with Crippen molar-refractivity contribution in [3.05, 3.63) is 24.3 Å². The van der Waals surface area contributed by atoms with Crippen molar-refractivity contribution in [1.29, 1.82) is 0 Å². The summed E-state index contributed by atoms with van der Waals surface area (Å²) in [5.41, 5.74) is 5.64. The third-order valence-corrected chi connectivity index (χ3v) is 1.26. The van der Waals surface area contributed by atoms with Gasteiger partial charge >= 0.3 is 0 Å². The first kappa shape index (κ1) is 7.70. The molecular weight excluding hydrogens is 138 g/mol. The molecule has 0 aliphatic carbocycles. The van der Waals surface area contributed by atoms with E-state index in [1.54, 1.807) is 18.5 Å². The van der Waals surface area contributed by atoms with Crippen molar-refractivity contribution in [1.82, 2.24) is 9.97 Å². The van der Waals surface area contributed by atoms with E-state index < -0.39 is 0 Å². The molecule has 0 aliphatic heterocycles. The minimum absolute atomic E-state index is 0.235. The summed E-state index contributed by atoms with van der Waals surface area (Å²) in [4.78, 5) is 7.93. The van der Waals surface area contributed by atoms with Gasteiger partial charge in [0.25, 0.3) is 0 Å². The summed E-state index contributed by atoms with van der Waals surface area (Å²) in [6.45, 7) is 0. The van der Waals surface area contributed by atoms with E-state index in [1.807, 2.05) is 0 Å². The molecule has 11 heavy (non-hydrogen) atoms.